The maximum absolute atomic E-state index is 11.9. The molecule has 0 saturated heterocycles. The van der Waals surface area contributed by atoms with E-state index < -0.39 is 0 Å². The van der Waals surface area contributed by atoms with Gasteiger partial charge in [-0.2, -0.15) is 0 Å². The van der Waals surface area contributed by atoms with Gasteiger partial charge in [-0.05, 0) is 17.7 Å². The summed E-state index contributed by atoms with van der Waals surface area (Å²) in [5.74, 6) is 0.226. The van der Waals surface area contributed by atoms with Gasteiger partial charge >= 0.3 is 0 Å². The summed E-state index contributed by atoms with van der Waals surface area (Å²) >= 11 is 0. The average Bonchev–Trinajstić information content (AvgIpc) is 2.49. The Morgan fingerprint density at radius 1 is 0.938 bits per heavy atom. The molecule has 0 bridgehead atoms. The fraction of sp³-hybridized carbons (Fsp3) is 0.0714. The normalized spacial score (nSPS) is 25.9. The van der Waals surface area contributed by atoms with Crippen molar-refractivity contribution in [2.24, 2.45) is 5.92 Å². The van der Waals surface area contributed by atoms with E-state index in [1.54, 1.807) is 11.0 Å². The molecule has 1 aliphatic carbocycles. The van der Waals surface area contributed by atoms with Gasteiger partial charge < -0.3 is 0 Å². The zero-order chi connectivity index (χ0) is 11.0. The predicted octanol–water partition coefficient (Wildman–Crippen LogP) is 2.46. The molecule has 0 saturated carbocycles. The van der Waals surface area contributed by atoms with Crippen LogP contribution in [0.15, 0.2) is 72.2 Å². The maximum Gasteiger partial charge on any atom is 0.254 e. The number of hydrogen-bond donors (Lipinski definition) is 0. The Kier molecular flexibility index (Phi) is 2.00. The minimum atomic E-state index is 0.0132. The Balaban J connectivity index is 2.20. The van der Waals surface area contributed by atoms with Crippen molar-refractivity contribution in [1.82, 2.24) is 4.90 Å². The first-order valence-corrected chi connectivity index (χ1v) is 5.31. The quantitative estimate of drug-likeness (QED) is 0.600. The van der Waals surface area contributed by atoms with Gasteiger partial charge in [0.05, 0.1) is 5.70 Å². The predicted molar refractivity (Wildman–Crippen MR) is 63.1 cm³/mol. The van der Waals surface area contributed by atoms with Crippen molar-refractivity contribution in [2.45, 2.75) is 0 Å². The first-order valence-electron chi connectivity index (χ1n) is 5.31. The van der Waals surface area contributed by atoms with Crippen molar-refractivity contribution >= 4 is 5.91 Å². The molecule has 0 aromatic heterocycles. The number of fused-ring (bicyclic) bond motifs is 2. The summed E-state index contributed by atoms with van der Waals surface area (Å²) in [6.07, 6.45) is 19.4. The van der Waals surface area contributed by atoms with Gasteiger partial charge in [0.25, 0.3) is 5.91 Å². The molecule has 2 heterocycles. The molecular weight excluding hydrogens is 198 g/mol. The Hall–Kier alpha value is -2.09. The highest BCUT2D eigenvalue weighted by Crippen LogP contribution is 2.30. The van der Waals surface area contributed by atoms with Crippen LogP contribution in [0.3, 0.4) is 0 Å². The van der Waals surface area contributed by atoms with Gasteiger partial charge in [-0.1, -0.05) is 36.5 Å². The molecule has 0 aromatic rings. The molecule has 1 atom stereocenters. The lowest BCUT2D eigenvalue weighted by atomic mass is 9.92. The SMILES string of the molecule is O=C1C=CC2C=CC=CC2=C2C=CC=CN12. The number of carbonyl (C=O) groups excluding carboxylic acids is 1. The lowest BCUT2D eigenvalue weighted by molar-refractivity contribution is -0.121. The van der Waals surface area contributed by atoms with Crippen LogP contribution in [0.25, 0.3) is 0 Å². The van der Waals surface area contributed by atoms with E-state index >= 15 is 0 Å². The van der Waals surface area contributed by atoms with Crippen LogP contribution in [0.1, 0.15) is 0 Å². The molecular formula is C14H11NO. The highest BCUT2D eigenvalue weighted by Gasteiger charge is 2.23. The van der Waals surface area contributed by atoms with Gasteiger partial charge in [0.15, 0.2) is 0 Å². The molecule has 2 heteroatoms. The molecule has 1 amide bonds. The number of rotatable bonds is 0. The van der Waals surface area contributed by atoms with Gasteiger partial charge in [-0.15, -0.1) is 0 Å². The zero-order valence-electron chi connectivity index (χ0n) is 8.71. The Labute approximate surface area is 94.2 Å². The fourth-order valence-electron chi connectivity index (χ4n) is 2.12. The Morgan fingerprint density at radius 3 is 2.75 bits per heavy atom. The van der Waals surface area contributed by atoms with Gasteiger partial charge in [0, 0.05) is 18.2 Å². The lowest BCUT2D eigenvalue weighted by Crippen LogP contribution is -2.23. The first kappa shape index (κ1) is 9.16. The summed E-state index contributed by atoms with van der Waals surface area (Å²) in [5.41, 5.74) is 2.15. The van der Waals surface area contributed by atoms with Crippen LogP contribution in [-0.2, 0) is 4.79 Å². The monoisotopic (exact) mass is 209 g/mol. The molecule has 0 N–H and O–H groups in total. The second-order valence-corrected chi connectivity index (χ2v) is 3.88. The molecule has 3 aliphatic rings. The summed E-state index contributed by atoms with van der Waals surface area (Å²) in [4.78, 5) is 13.6. The van der Waals surface area contributed by atoms with E-state index in [-0.39, 0.29) is 11.8 Å². The second-order valence-electron chi connectivity index (χ2n) is 3.88. The topological polar surface area (TPSA) is 20.3 Å². The Morgan fingerprint density at radius 2 is 1.81 bits per heavy atom. The van der Waals surface area contributed by atoms with Crippen molar-refractivity contribution < 1.29 is 4.79 Å². The molecule has 2 aliphatic heterocycles. The summed E-state index contributed by atoms with van der Waals surface area (Å²) in [6, 6.07) is 0. The summed E-state index contributed by atoms with van der Waals surface area (Å²) < 4.78 is 0. The van der Waals surface area contributed by atoms with Gasteiger partial charge in [0.2, 0.25) is 0 Å². The van der Waals surface area contributed by atoms with E-state index in [4.69, 9.17) is 0 Å². The van der Waals surface area contributed by atoms with E-state index in [0.717, 1.165) is 5.70 Å². The van der Waals surface area contributed by atoms with E-state index in [0.29, 0.717) is 0 Å². The highest BCUT2D eigenvalue weighted by atomic mass is 16.2. The van der Waals surface area contributed by atoms with Crippen molar-refractivity contribution in [3.05, 3.63) is 72.2 Å². The number of allylic oxidation sites excluding steroid dienone is 9. The number of carbonyl (C=O) groups is 1. The number of nitrogens with zero attached hydrogens (tertiary/aromatic N) is 1. The third kappa shape index (κ3) is 1.31. The van der Waals surface area contributed by atoms with Crippen LogP contribution in [0.2, 0.25) is 0 Å². The van der Waals surface area contributed by atoms with E-state index in [9.17, 15) is 4.79 Å². The summed E-state index contributed by atoms with van der Waals surface area (Å²) in [7, 11) is 0. The minimum Gasteiger partial charge on any atom is -0.284 e. The Bertz CT molecular complexity index is 505. The first-order chi connectivity index (χ1) is 7.86. The summed E-state index contributed by atoms with van der Waals surface area (Å²) in [6.45, 7) is 0. The molecule has 0 fully saturated rings. The van der Waals surface area contributed by atoms with Crippen molar-refractivity contribution in [3.8, 4) is 0 Å². The van der Waals surface area contributed by atoms with Crippen LogP contribution in [0.4, 0.5) is 0 Å². The van der Waals surface area contributed by atoms with E-state index in [2.05, 4.69) is 12.2 Å². The maximum atomic E-state index is 11.9. The van der Waals surface area contributed by atoms with Crippen LogP contribution >= 0.6 is 0 Å². The van der Waals surface area contributed by atoms with E-state index in [1.165, 1.54) is 5.57 Å². The number of hydrogen-bond acceptors (Lipinski definition) is 1. The molecule has 78 valence electrons. The molecule has 16 heavy (non-hydrogen) atoms. The van der Waals surface area contributed by atoms with Crippen LogP contribution in [0, 0.1) is 5.92 Å². The van der Waals surface area contributed by atoms with Crippen molar-refractivity contribution in [2.75, 3.05) is 0 Å². The highest BCUT2D eigenvalue weighted by molar-refractivity contribution is 5.91. The van der Waals surface area contributed by atoms with E-state index in [1.807, 2.05) is 42.7 Å². The largest absolute Gasteiger partial charge is 0.284 e. The number of amides is 1. The van der Waals surface area contributed by atoms with Gasteiger partial charge in [-0.25, -0.2) is 0 Å². The third-order valence-electron chi connectivity index (χ3n) is 2.90. The molecule has 2 nitrogen and oxygen atoms in total. The average molecular weight is 209 g/mol. The molecule has 0 aromatic carbocycles. The van der Waals surface area contributed by atoms with Gasteiger partial charge in [-0.3, -0.25) is 9.69 Å². The minimum absolute atomic E-state index is 0.0132. The van der Waals surface area contributed by atoms with Crippen LogP contribution < -0.4 is 0 Å². The molecule has 1 unspecified atom stereocenters. The van der Waals surface area contributed by atoms with Crippen LogP contribution in [-0.4, -0.2) is 10.8 Å². The second kappa shape index (κ2) is 3.49. The molecule has 0 radical (unpaired) electrons. The van der Waals surface area contributed by atoms with Gasteiger partial charge in [0.1, 0.15) is 0 Å². The fourth-order valence-corrected chi connectivity index (χ4v) is 2.12. The van der Waals surface area contributed by atoms with Crippen molar-refractivity contribution in [3.63, 3.8) is 0 Å². The molecule has 3 rings (SSSR count). The van der Waals surface area contributed by atoms with Crippen molar-refractivity contribution in [1.29, 1.82) is 0 Å². The third-order valence-corrected chi connectivity index (χ3v) is 2.90. The summed E-state index contributed by atoms with van der Waals surface area (Å²) in [5, 5.41) is 0. The molecule has 0 spiro atoms. The standard InChI is InChI=1S/C14H11NO/c16-14-9-8-11-5-1-2-6-12(11)13-7-3-4-10-15(13)14/h1-11H. The zero-order valence-corrected chi connectivity index (χ0v) is 8.71. The lowest BCUT2D eigenvalue weighted by Gasteiger charge is -2.23. The van der Waals surface area contributed by atoms with Crippen LogP contribution in [0.5, 0.6) is 0 Å². The smallest absolute Gasteiger partial charge is 0.254 e.